The summed E-state index contributed by atoms with van der Waals surface area (Å²) in [6.07, 6.45) is 0. The lowest BCUT2D eigenvalue weighted by Gasteiger charge is -1.93. The summed E-state index contributed by atoms with van der Waals surface area (Å²) in [6, 6.07) is 0. The summed E-state index contributed by atoms with van der Waals surface area (Å²) < 4.78 is 0. The minimum atomic E-state index is 0.593. The molecule has 2 rings (SSSR count). The van der Waals surface area contributed by atoms with Crippen LogP contribution in [0.4, 0.5) is 0 Å². The van der Waals surface area contributed by atoms with Crippen molar-refractivity contribution in [3.63, 3.8) is 0 Å². The maximum atomic E-state index is 4.86. The van der Waals surface area contributed by atoms with Gasteiger partial charge in [-0.1, -0.05) is 5.16 Å². The van der Waals surface area contributed by atoms with E-state index in [0.29, 0.717) is 5.92 Å². The van der Waals surface area contributed by atoms with Crippen molar-refractivity contribution in [1.29, 1.82) is 0 Å². The Labute approximate surface area is 47.7 Å². The SMILES string of the molecule is C1NCC2CON=C12. The Kier molecular flexibility index (Phi) is 0.784. The maximum Gasteiger partial charge on any atom is 0.126 e. The average Bonchev–Trinajstić information content (AvgIpc) is 2.15. The van der Waals surface area contributed by atoms with Gasteiger partial charge in [0, 0.05) is 13.1 Å². The molecule has 1 saturated heterocycles. The highest BCUT2D eigenvalue weighted by molar-refractivity contribution is 5.91. The Morgan fingerprint density at radius 3 is 3.62 bits per heavy atom. The fourth-order valence-corrected chi connectivity index (χ4v) is 1.11. The lowest BCUT2D eigenvalue weighted by molar-refractivity contribution is 0.154. The van der Waals surface area contributed by atoms with Gasteiger partial charge >= 0.3 is 0 Å². The number of nitrogens with one attached hydrogen (secondary N) is 1. The summed E-state index contributed by atoms with van der Waals surface area (Å²) in [5.74, 6) is 0.593. The van der Waals surface area contributed by atoms with Gasteiger partial charge in [0.05, 0.1) is 11.6 Å². The first-order valence-electron chi connectivity index (χ1n) is 2.86. The summed E-state index contributed by atoms with van der Waals surface area (Å²) in [5, 5.41) is 7.07. The third-order valence-corrected chi connectivity index (χ3v) is 1.63. The van der Waals surface area contributed by atoms with Crippen molar-refractivity contribution in [2.45, 2.75) is 0 Å². The van der Waals surface area contributed by atoms with Gasteiger partial charge in [-0.05, 0) is 0 Å². The summed E-state index contributed by atoms with van der Waals surface area (Å²) in [7, 11) is 0. The molecule has 1 unspecified atom stereocenters. The first-order chi connectivity index (χ1) is 3.97. The van der Waals surface area contributed by atoms with Crippen molar-refractivity contribution in [3.05, 3.63) is 0 Å². The van der Waals surface area contributed by atoms with E-state index in [-0.39, 0.29) is 0 Å². The van der Waals surface area contributed by atoms with E-state index in [1.807, 2.05) is 0 Å². The smallest absolute Gasteiger partial charge is 0.126 e. The number of hydrogen-bond acceptors (Lipinski definition) is 3. The fraction of sp³-hybridized carbons (Fsp3) is 0.800. The van der Waals surface area contributed by atoms with Gasteiger partial charge < -0.3 is 10.2 Å². The highest BCUT2D eigenvalue weighted by Crippen LogP contribution is 2.12. The van der Waals surface area contributed by atoms with Crippen LogP contribution in [0.25, 0.3) is 0 Å². The normalized spacial score (nSPS) is 34.0. The molecule has 0 radical (unpaired) electrons. The Balaban J connectivity index is 2.20. The topological polar surface area (TPSA) is 33.6 Å². The van der Waals surface area contributed by atoms with E-state index in [1.54, 1.807) is 0 Å². The largest absolute Gasteiger partial charge is 0.395 e. The van der Waals surface area contributed by atoms with Crippen molar-refractivity contribution in [2.24, 2.45) is 11.1 Å². The zero-order valence-corrected chi connectivity index (χ0v) is 4.55. The lowest BCUT2D eigenvalue weighted by atomic mass is 10.1. The molecule has 1 N–H and O–H groups in total. The number of nitrogens with zero attached hydrogens (tertiary/aromatic N) is 1. The molecule has 44 valence electrons. The van der Waals surface area contributed by atoms with E-state index in [9.17, 15) is 0 Å². The number of rotatable bonds is 0. The quantitative estimate of drug-likeness (QED) is 0.462. The predicted molar refractivity (Wildman–Crippen MR) is 29.7 cm³/mol. The van der Waals surface area contributed by atoms with Crippen LogP contribution in [-0.2, 0) is 4.84 Å². The van der Waals surface area contributed by atoms with Gasteiger partial charge in [-0.2, -0.15) is 0 Å². The average molecular weight is 112 g/mol. The molecule has 0 spiro atoms. The molecule has 2 heterocycles. The van der Waals surface area contributed by atoms with E-state index in [4.69, 9.17) is 4.84 Å². The van der Waals surface area contributed by atoms with Crippen molar-refractivity contribution in [2.75, 3.05) is 19.7 Å². The van der Waals surface area contributed by atoms with Crippen LogP contribution in [0.1, 0.15) is 0 Å². The third-order valence-electron chi connectivity index (χ3n) is 1.63. The van der Waals surface area contributed by atoms with Gasteiger partial charge in [0.1, 0.15) is 6.61 Å². The van der Waals surface area contributed by atoms with Crippen LogP contribution in [-0.4, -0.2) is 25.4 Å². The summed E-state index contributed by atoms with van der Waals surface area (Å²) >= 11 is 0. The minimum absolute atomic E-state index is 0.593. The van der Waals surface area contributed by atoms with Crippen LogP contribution in [0.5, 0.6) is 0 Å². The second-order valence-electron chi connectivity index (χ2n) is 2.21. The molecule has 0 aromatic carbocycles. The molecule has 3 nitrogen and oxygen atoms in total. The number of oxime groups is 1. The molecule has 0 amide bonds. The number of hydrogen-bond donors (Lipinski definition) is 1. The van der Waals surface area contributed by atoms with Gasteiger partial charge in [-0.15, -0.1) is 0 Å². The van der Waals surface area contributed by atoms with E-state index in [1.165, 1.54) is 5.71 Å². The molecule has 1 fully saturated rings. The van der Waals surface area contributed by atoms with Crippen LogP contribution >= 0.6 is 0 Å². The van der Waals surface area contributed by atoms with Gasteiger partial charge in [0.15, 0.2) is 0 Å². The van der Waals surface area contributed by atoms with E-state index in [2.05, 4.69) is 10.5 Å². The highest BCUT2D eigenvalue weighted by Gasteiger charge is 2.27. The van der Waals surface area contributed by atoms with Crippen molar-refractivity contribution in [1.82, 2.24) is 5.32 Å². The molecule has 1 atom stereocenters. The monoisotopic (exact) mass is 112 g/mol. The first kappa shape index (κ1) is 4.32. The molecular formula is C5H8N2O. The Bertz CT molecular complexity index is 132. The molecule has 0 aromatic heterocycles. The number of fused-ring (bicyclic) bond motifs is 1. The first-order valence-corrected chi connectivity index (χ1v) is 2.86. The standard InChI is InChI=1S/C5H8N2O/c1-4-3-8-7-5(4)2-6-1/h4,6H,1-3H2. The van der Waals surface area contributed by atoms with Crippen LogP contribution in [0.2, 0.25) is 0 Å². The molecule has 2 aliphatic heterocycles. The Morgan fingerprint density at radius 2 is 2.75 bits per heavy atom. The molecule has 0 aromatic rings. The Morgan fingerprint density at radius 1 is 1.75 bits per heavy atom. The van der Waals surface area contributed by atoms with E-state index >= 15 is 0 Å². The zero-order valence-electron chi connectivity index (χ0n) is 4.55. The van der Waals surface area contributed by atoms with E-state index < -0.39 is 0 Å². The van der Waals surface area contributed by atoms with E-state index in [0.717, 1.165) is 19.7 Å². The van der Waals surface area contributed by atoms with Gasteiger partial charge in [0.25, 0.3) is 0 Å². The lowest BCUT2D eigenvalue weighted by Crippen LogP contribution is -2.11. The van der Waals surface area contributed by atoms with Crippen LogP contribution in [0.15, 0.2) is 5.16 Å². The maximum absolute atomic E-state index is 4.86. The van der Waals surface area contributed by atoms with Crippen LogP contribution in [0.3, 0.4) is 0 Å². The minimum Gasteiger partial charge on any atom is -0.395 e. The fourth-order valence-electron chi connectivity index (χ4n) is 1.11. The van der Waals surface area contributed by atoms with Crippen molar-refractivity contribution in [3.8, 4) is 0 Å². The Hall–Kier alpha value is -0.570. The molecule has 8 heavy (non-hydrogen) atoms. The van der Waals surface area contributed by atoms with Gasteiger partial charge in [-0.3, -0.25) is 0 Å². The molecule has 2 aliphatic rings. The molecular weight excluding hydrogens is 104 g/mol. The van der Waals surface area contributed by atoms with Crippen LogP contribution in [0, 0.1) is 5.92 Å². The van der Waals surface area contributed by atoms with Gasteiger partial charge in [0.2, 0.25) is 0 Å². The molecule has 0 saturated carbocycles. The molecule has 0 aliphatic carbocycles. The predicted octanol–water partition coefficient (Wildman–Crippen LogP) is -0.408. The zero-order chi connectivity index (χ0) is 5.40. The van der Waals surface area contributed by atoms with Crippen molar-refractivity contribution >= 4 is 5.71 Å². The molecule has 0 bridgehead atoms. The second-order valence-corrected chi connectivity index (χ2v) is 2.21. The highest BCUT2D eigenvalue weighted by atomic mass is 16.6. The van der Waals surface area contributed by atoms with Crippen LogP contribution < -0.4 is 5.32 Å². The third kappa shape index (κ3) is 0.448. The summed E-state index contributed by atoms with van der Waals surface area (Å²) in [6.45, 7) is 2.78. The molecule has 3 heteroatoms. The van der Waals surface area contributed by atoms with Gasteiger partial charge in [-0.25, -0.2) is 0 Å². The van der Waals surface area contributed by atoms with Crippen molar-refractivity contribution < 1.29 is 4.84 Å². The second kappa shape index (κ2) is 1.45. The summed E-state index contributed by atoms with van der Waals surface area (Å²) in [5.41, 5.74) is 1.20. The summed E-state index contributed by atoms with van der Waals surface area (Å²) in [4.78, 5) is 4.86.